The summed E-state index contributed by atoms with van der Waals surface area (Å²) in [5.74, 6) is 0.354. The number of H-pyrrole nitrogens is 1. The van der Waals surface area contributed by atoms with Crippen LogP contribution in [-0.2, 0) is 0 Å². The van der Waals surface area contributed by atoms with Gasteiger partial charge in [0.2, 0.25) is 5.78 Å². The Morgan fingerprint density at radius 2 is 2.26 bits per heavy atom. The normalized spacial score (nSPS) is 11.4. The zero-order valence-corrected chi connectivity index (χ0v) is 14.5. The second-order valence-corrected chi connectivity index (χ2v) is 6.64. The zero-order chi connectivity index (χ0) is 16.4. The predicted molar refractivity (Wildman–Crippen MR) is 94.8 cm³/mol. The lowest BCUT2D eigenvalue weighted by atomic mass is 10.0. The molecule has 4 nitrogen and oxygen atoms in total. The molecule has 0 fully saturated rings. The van der Waals surface area contributed by atoms with Crippen LogP contribution < -0.4 is 4.74 Å². The summed E-state index contributed by atoms with van der Waals surface area (Å²) in [6.07, 6.45) is 3.23. The number of aromatic nitrogens is 1. The maximum Gasteiger partial charge on any atom is 0.205 e. The number of halogens is 1. The van der Waals surface area contributed by atoms with Gasteiger partial charge in [0.1, 0.15) is 17.4 Å². The van der Waals surface area contributed by atoms with Gasteiger partial charge in [-0.05, 0) is 46.3 Å². The van der Waals surface area contributed by atoms with Crippen LogP contribution in [0.5, 0.6) is 5.75 Å². The first kappa shape index (κ1) is 15.5. The fraction of sp³-hybridized carbons (Fsp3) is 0.0588. The zero-order valence-electron chi connectivity index (χ0n) is 12.1. The van der Waals surface area contributed by atoms with Crippen LogP contribution in [0.2, 0.25) is 0 Å². The Balaban J connectivity index is 2.05. The van der Waals surface area contributed by atoms with Crippen LogP contribution in [0.4, 0.5) is 0 Å². The van der Waals surface area contributed by atoms with Crippen molar-refractivity contribution in [2.75, 3.05) is 7.11 Å². The molecule has 0 unspecified atom stereocenters. The maximum atomic E-state index is 12.7. The molecule has 0 aliphatic heterocycles. The topological polar surface area (TPSA) is 65.9 Å². The SMILES string of the molecule is COc1ccc2[nH]cc(C(=O)C(C#N)=Cc3cc(Br)cs3)c2c1. The Morgan fingerprint density at radius 1 is 1.43 bits per heavy atom. The Morgan fingerprint density at radius 3 is 2.91 bits per heavy atom. The lowest BCUT2D eigenvalue weighted by molar-refractivity contribution is 0.104. The standard InChI is InChI=1S/C17H11BrN2O2S/c1-22-12-2-3-16-14(6-12)15(8-20-16)17(21)10(7-19)4-13-5-11(18)9-23-13/h2-6,8-9,20H,1H3. The molecule has 0 bridgehead atoms. The van der Waals surface area contributed by atoms with Crippen LogP contribution in [0.1, 0.15) is 15.2 Å². The van der Waals surface area contributed by atoms with Gasteiger partial charge in [-0.1, -0.05) is 0 Å². The van der Waals surface area contributed by atoms with Gasteiger partial charge in [-0.2, -0.15) is 5.26 Å². The van der Waals surface area contributed by atoms with Crippen molar-refractivity contribution in [1.82, 2.24) is 4.98 Å². The Bertz CT molecular complexity index is 963. The highest BCUT2D eigenvalue weighted by Crippen LogP contribution is 2.27. The number of ether oxygens (including phenoxy) is 1. The number of aromatic amines is 1. The van der Waals surface area contributed by atoms with E-state index in [4.69, 9.17) is 4.74 Å². The molecule has 2 heterocycles. The average Bonchev–Trinajstić information content (AvgIpc) is 3.17. The highest BCUT2D eigenvalue weighted by molar-refractivity contribution is 9.10. The van der Waals surface area contributed by atoms with Crippen molar-refractivity contribution in [1.29, 1.82) is 5.26 Å². The van der Waals surface area contributed by atoms with Gasteiger partial charge in [0.05, 0.1) is 7.11 Å². The minimum absolute atomic E-state index is 0.100. The molecule has 23 heavy (non-hydrogen) atoms. The van der Waals surface area contributed by atoms with Crippen LogP contribution in [0.3, 0.4) is 0 Å². The molecule has 0 aliphatic carbocycles. The van der Waals surface area contributed by atoms with Gasteiger partial charge in [0.25, 0.3) is 0 Å². The first-order chi connectivity index (χ1) is 11.1. The average molecular weight is 387 g/mol. The summed E-state index contributed by atoms with van der Waals surface area (Å²) >= 11 is 4.83. The van der Waals surface area contributed by atoms with E-state index in [1.807, 2.05) is 29.6 Å². The summed E-state index contributed by atoms with van der Waals surface area (Å²) < 4.78 is 6.13. The van der Waals surface area contributed by atoms with E-state index in [0.29, 0.717) is 11.3 Å². The number of nitriles is 1. The van der Waals surface area contributed by atoms with Gasteiger partial charge in [0.15, 0.2) is 0 Å². The minimum atomic E-state index is -0.309. The van der Waals surface area contributed by atoms with Crippen LogP contribution >= 0.6 is 27.3 Å². The van der Waals surface area contributed by atoms with Gasteiger partial charge < -0.3 is 9.72 Å². The van der Waals surface area contributed by atoms with Crippen molar-refractivity contribution in [2.24, 2.45) is 0 Å². The van der Waals surface area contributed by atoms with Crippen molar-refractivity contribution in [3.05, 3.63) is 56.3 Å². The number of rotatable bonds is 4. The number of ketones is 1. The monoisotopic (exact) mass is 386 g/mol. The number of fused-ring (bicyclic) bond motifs is 1. The molecule has 0 saturated carbocycles. The molecule has 0 atom stereocenters. The third-order valence-electron chi connectivity index (χ3n) is 3.37. The molecule has 3 rings (SSSR count). The molecule has 0 aliphatic rings. The van der Waals surface area contributed by atoms with Crippen molar-refractivity contribution < 1.29 is 9.53 Å². The fourth-order valence-corrected chi connectivity index (χ4v) is 3.63. The lowest BCUT2D eigenvalue weighted by Crippen LogP contribution is -2.00. The number of methoxy groups -OCH3 is 1. The summed E-state index contributed by atoms with van der Waals surface area (Å²) in [6.45, 7) is 0. The number of carbonyl (C=O) groups is 1. The third kappa shape index (κ3) is 3.07. The molecule has 6 heteroatoms. The van der Waals surface area contributed by atoms with E-state index in [0.717, 1.165) is 20.3 Å². The van der Waals surface area contributed by atoms with E-state index in [1.54, 1.807) is 25.4 Å². The number of allylic oxidation sites excluding steroid dienone is 1. The summed E-state index contributed by atoms with van der Waals surface area (Å²) in [5, 5.41) is 12.0. The molecule has 1 N–H and O–H groups in total. The second kappa shape index (κ2) is 6.41. The predicted octanol–water partition coefficient (Wildman–Crippen LogP) is 4.79. The molecular weight excluding hydrogens is 376 g/mol. The number of nitrogens with zero attached hydrogens (tertiary/aromatic N) is 1. The highest BCUT2D eigenvalue weighted by atomic mass is 79.9. The van der Waals surface area contributed by atoms with Crippen molar-refractivity contribution in [2.45, 2.75) is 0 Å². The molecule has 3 aromatic rings. The number of nitrogens with one attached hydrogen (secondary N) is 1. The van der Waals surface area contributed by atoms with Crippen LogP contribution in [0.15, 0.2) is 45.9 Å². The van der Waals surface area contributed by atoms with Crippen molar-refractivity contribution in [3.8, 4) is 11.8 Å². The summed E-state index contributed by atoms with van der Waals surface area (Å²) in [6, 6.07) is 9.32. The van der Waals surface area contributed by atoms with Gasteiger partial charge >= 0.3 is 0 Å². The van der Waals surface area contributed by atoms with E-state index in [9.17, 15) is 10.1 Å². The van der Waals surface area contributed by atoms with E-state index >= 15 is 0 Å². The van der Waals surface area contributed by atoms with Gasteiger partial charge in [0, 0.05) is 37.4 Å². The molecule has 0 saturated heterocycles. The van der Waals surface area contributed by atoms with E-state index in [1.165, 1.54) is 11.3 Å². The van der Waals surface area contributed by atoms with Gasteiger partial charge in [-0.3, -0.25) is 4.79 Å². The van der Waals surface area contributed by atoms with Gasteiger partial charge in [-0.25, -0.2) is 0 Å². The molecule has 2 aromatic heterocycles. The molecule has 114 valence electrons. The van der Waals surface area contributed by atoms with Crippen molar-refractivity contribution >= 4 is 50.0 Å². The quantitative estimate of drug-likeness (QED) is 0.398. The molecule has 1 aromatic carbocycles. The third-order valence-corrected chi connectivity index (χ3v) is 5.01. The fourth-order valence-electron chi connectivity index (χ4n) is 2.25. The first-order valence-corrected chi connectivity index (χ1v) is 8.35. The Hall–Kier alpha value is -2.36. The van der Waals surface area contributed by atoms with Gasteiger partial charge in [-0.15, -0.1) is 11.3 Å². The largest absolute Gasteiger partial charge is 0.497 e. The summed E-state index contributed by atoms with van der Waals surface area (Å²) in [7, 11) is 1.57. The van der Waals surface area contributed by atoms with Crippen LogP contribution in [0, 0.1) is 11.3 Å². The first-order valence-electron chi connectivity index (χ1n) is 6.68. The highest BCUT2D eigenvalue weighted by Gasteiger charge is 2.17. The molecular formula is C17H11BrN2O2S. The number of thiophene rings is 1. The van der Waals surface area contributed by atoms with E-state index in [-0.39, 0.29) is 11.4 Å². The maximum absolute atomic E-state index is 12.7. The summed E-state index contributed by atoms with van der Waals surface area (Å²) in [4.78, 5) is 16.6. The number of benzene rings is 1. The number of Topliss-reactive ketones (excluding diaryl/α,β-unsaturated/α-hetero) is 1. The number of carbonyl (C=O) groups excluding carboxylic acids is 1. The molecule has 0 spiro atoms. The second-order valence-electron chi connectivity index (χ2n) is 4.78. The smallest absolute Gasteiger partial charge is 0.205 e. The van der Waals surface area contributed by atoms with E-state index < -0.39 is 0 Å². The Labute approximate surface area is 145 Å². The minimum Gasteiger partial charge on any atom is -0.497 e. The Kier molecular flexibility index (Phi) is 4.33. The van der Waals surface area contributed by atoms with Crippen LogP contribution in [-0.4, -0.2) is 17.9 Å². The number of hydrogen-bond donors (Lipinski definition) is 1. The lowest BCUT2D eigenvalue weighted by Gasteiger charge is -2.01. The number of hydrogen-bond acceptors (Lipinski definition) is 4. The van der Waals surface area contributed by atoms with E-state index in [2.05, 4.69) is 20.9 Å². The summed E-state index contributed by atoms with van der Waals surface area (Å²) in [5.41, 5.74) is 1.38. The van der Waals surface area contributed by atoms with Crippen LogP contribution in [0.25, 0.3) is 17.0 Å². The molecule has 0 amide bonds. The van der Waals surface area contributed by atoms with Crippen molar-refractivity contribution in [3.63, 3.8) is 0 Å². The molecule has 0 radical (unpaired) electrons.